The van der Waals surface area contributed by atoms with Crippen molar-refractivity contribution in [3.63, 3.8) is 0 Å². The Kier molecular flexibility index (Phi) is 3.51. The zero-order chi connectivity index (χ0) is 15.5. The molecule has 0 bridgehead atoms. The molecule has 3 saturated carbocycles. The number of alkyl halides is 1. The monoisotopic (exact) mass is 304 g/mol. The van der Waals surface area contributed by atoms with Gasteiger partial charge in [0.1, 0.15) is 6.17 Å². The summed E-state index contributed by atoms with van der Waals surface area (Å²) in [4.78, 5) is 0. The van der Waals surface area contributed by atoms with Crippen LogP contribution in [0.3, 0.4) is 0 Å². The Hall–Kier alpha value is -0.330. The first-order chi connectivity index (χ1) is 10.5. The van der Waals surface area contributed by atoms with Crippen molar-refractivity contribution in [2.24, 2.45) is 34.5 Å². The smallest absolute Gasteiger partial charge is 0.109 e. The van der Waals surface area contributed by atoms with E-state index in [0.717, 1.165) is 31.1 Å². The quantitative estimate of drug-likeness (QED) is 0.498. The molecular formula is C21H33F. The highest BCUT2D eigenvalue weighted by atomic mass is 19.1. The molecule has 0 aromatic carbocycles. The van der Waals surface area contributed by atoms with Gasteiger partial charge in [0.05, 0.1) is 0 Å². The summed E-state index contributed by atoms with van der Waals surface area (Å²) in [5.74, 6) is 2.58. The highest BCUT2D eigenvalue weighted by Crippen LogP contribution is 2.66. The van der Waals surface area contributed by atoms with E-state index in [9.17, 15) is 0 Å². The molecule has 0 spiro atoms. The van der Waals surface area contributed by atoms with Crippen molar-refractivity contribution in [1.82, 2.24) is 0 Å². The van der Waals surface area contributed by atoms with E-state index in [1.807, 2.05) is 0 Å². The summed E-state index contributed by atoms with van der Waals surface area (Å²) in [5.41, 5.74) is 2.21. The van der Waals surface area contributed by atoms with E-state index >= 15 is 4.39 Å². The average Bonchev–Trinajstić information content (AvgIpc) is 2.78. The largest absolute Gasteiger partial charge is 0.247 e. The first-order valence-corrected chi connectivity index (χ1v) is 9.84. The summed E-state index contributed by atoms with van der Waals surface area (Å²) in [6.45, 7) is 7.03. The van der Waals surface area contributed by atoms with Crippen LogP contribution in [0.2, 0.25) is 0 Å². The van der Waals surface area contributed by atoms with Crippen molar-refractivity contribution >= 4 is 0 Å². The van der Waals surface area contributed by atoms with Crippen LogP contribution in [0.15, 0.2) is 11.6 Å². The maximum atomic E-state index is 15.1. The molecule has 0 aromatic rings. The third kappa shape index (κ3) is 1.86. The zero-order valence-electron chi connectivity index (χ0n) is 14.7. The van der Waals surface area contributed by atoms with E-state index in [4.69, 9.17) is 0 Å². The normalized spacial score (nSPS) is 54.2. The zero-order valence-corrected chi connectivity index (χ0v) is 14.7. The fourth-order valence-electron chi connectivity index (χ4n) is 7.19. The second-order valence-corrected chi connectivity index (χ2v) is 9.32. The van der Waals surface area contributed by atoms with Crippen molar-refractivity contribution in [1.29, 1.82) is 0 Å². The molecular weight excluding hydrogens is 271 g/mol. The van der Waals surface area contributed by atoms with E-state index in [0.29, 0.717) is 17.3 Å². The molecule has 4 aliphatic carbocycles. The summed E-state index contributed by atoms with van der Waals surface area (Å²) < 4.78 is 15.1. The topological polar surface area (TPSA) is 0 Å². The van der Waals surface area contributed by atoms with Crippen molar-refractivity contribution in [3.05, 3.63) is 11.6 Å². The molecule has 124 valence electrons. The Morgan fingerprint density at radius 2 is 2.00 bits per heavy atom. The Balaban J connectivity index is 1.68. The van der Waals surface area contributed by atoms with Crippen LogP contribution in [0.5, 0.6) is 0 Å². The minimum Gasteiger partial charge on any atom is -0.247 e. The number of hydrogen-bond donors (Lipinski definition) is 0. The third-order valence-electron chi connectivity index (χ3n) is 8.58. The summed E-state index contributed by atoms with van der Waals surface area (Å²) in [7, 11) is 0. The van der Waals surface area contributed by atoms with Crippen LogP contribution in [0.4, 0.5) is 4.39 Å². The number of rotatable bonds is 1. The molecule has 4 rings (SSSR count). The highest BCUT2D eigenvalue weighted by molar-refractivity contribution is 5.24. The third-order valence-corrected chi connectivity index (χ3v) is 8.58. The van der Waals surface area contributed by atoms with Gasteiger partial charge in [-0.15, -0.1) is 0 Å². The van der Waals surface area contributed by atoms with Gasteiger partial charge < -0.3 is 0 Å². The van der Waals surface area contributed by atoms with Crippen LogP contribution < -0.4 is 0 Å². The lowest BCUT2D eigenvalue weighted by atomic mass is 9.48. The van der Waals surface area contributed by atoms with Crippen LogP contribution >= 0.6 is 0 Å². The van der Waals surface area contributed by atoms with E-state index in [2.05, 4.69) is 26.8 Å². The molecule has 0 N–H and O–H groups in total. The summed E-state index contributed by atoms with van der Waals surface area (Å²) in [6.07, 6.45) is 13.4. The van der Waals surface area contributed by atoms with Gasteiger partial charge in [-0.05, 0) is 74.0 Å². The van der Waals surface area contributed by atoms with Gasteiger partial charge in [-0.3, -0.25) is 0 Å². The molecule has 4 aliphatic rings. The van der Waals surface area contributed by atoms with Crippen LogP contribution in [-0.2, 0) is 0 Å². The van der Waals surface area contributed by atoms with Crippen molar-refractivity contribution in [3.8, 4) is 0 Å². The fraction of sp³-hybridized carbons (Fsp3) is 0.905. The molecule has 0 amide bonds. The van der Waals surface area contributed by atoms with Crippen molar-refractivity contribution < 1.29 is 4.39 Å². The van der Waals surface area contributed by atoms with Crippen LogP contribution in [0, 0.1) is 34.5 Å². The van der Waals surface area contributed by atoms with Gasteiger partial charge in [0.2, 0.25) is 0 Å². The van der Waals surface area contributed by atoms with Gasteiger partial charge in [-0.25, -0.2) is 4.39 Å². The van der Waals surface area contributed by atoms with E-state index in [-0.39, 0.29) is 5.41 Å². The van der Waals surface area contributed by atoms with Crippen molar-refractivity contribution in [2.45, 2.75) is 84.7 Å². The molecule has 0 radical (unpaired) electrons. The second-order valence-electron chi connectivity index (χ2n) is 9.32. The van der Waals surface area contributed by atoms with Crippen LogP contribution in [0.1, 0.15) is 78.6 Å². The summed E-state index contributed by atoms with van der Waals surface area (Å²) in [5, 5.41) is 0. The lowest BCUT2D eigenvalue weighted by Gasteiger charge is -2.57. The molecule has 0 nitrogen and oxygen atoms in total. The summed E-state index contributed by atoms with van der Waals surface area (Å²) in [6, 6.07) is 0. The number of allylic oxidation sites excluding steroid dienone is 2. The average molecular weight is 304 g/mol. The minimum atomic E-state index is -0.548. The molecule has 0 saturated heterocycles. The first-order valence-electron chi connectivity index (χ1n) is 9.84. The lowest BCUT2D eigenvalue weighted by molar-refractivity contribution is -0.0484. The number of hydrogen-bond acceptors (Lipinski definition) is 0. The van der Waals surface area contributed by atoms with E-state index in [1.54, 1.807) is 5.57 Å². The van der Waals surface area contributed by atoms with Gasteiger partial charge in [0, 0.05) is 5.41 Å². The van der Waals surface area contributed by atoms with Crippen molar-refractivity contribution in [2.75, 3.05) is 0 Å². The molecule has 0 heterocycles. The minimum absolute atomic E-state index is 0.0157. The maximum Gasteiger partial charge on any atom is 0.109 e. The first kappa shape index (κ1) is 15.2. The van der Waals surface area contributed by atoms with Gasteiger partial charge in [0.15, 0.2) is 0 Å². The van der Waals surface area contributed by atoms with Gasteiger partial charge in [-0.2, -0.15) is 0 Å². The lowest BCUT2D eigenvalue weighted by Crippen LogP contribution is -2.49. The van der Waals surface area contributed by atoms with Gasteiger partial charge in [0.25, 0.3) is 0 Å². The SMILES string of the molecule is CCC1CC2C3CC=C4CCCC[C@]4(C)C3CC[C@]2(C)[C@H]1F. The van der Waals surface area contributed by atoms with Crippen LogP contribution in [0.25, 0.3) is 0 Å². The molecule has 4 unspecified atom stereocenters. The molecule has 7 atom stereocenters. The Labute approximate surface area is 135 Å². The molecule has 1 heteroatoms. The van der Waals surface area contributed by atoms with Crippen LogP contribution in [-0.4, -0.2) is 6.17 Å². The molecule has 0 aromatic heterocycles. The Morgan fingerprint density at radius 3 is 2.77 bits per heavy atom. The standard InChI is InChI=1S/C21H33F/c1-4-14-13-18-16-9-8-15-7-5-6-11-20(15,2)17(16)10-12-21(18,3)19(14)22/h8,14,16-19H,4-7,9-13H2,1-3H3/t14?,16?,17?,18?,19-,20-,21-/m0/s1. The summed E-state index contributed by atoms with van der Waals surface area (Å²) >= 11 is 0. The number of fused-ring (bicyclic) bond motifs is 5. The fourth-order valence-corrected chi connectivity index (χ4v) is 7.19. The highest BCUT2D eigenvalue weighted by Gasteiger charge is 2.60. The molecule has 0 aliphatic heterocycles. The Morgan fingerprint density at radius 1 is 1.18 bits per heavy atom. The predicted molar refractivity (Wildman–Crippen MR) is 90.4 cm³/mol. The van der Waals surface area contributed by atoms with Gasteiger partial charge >= 0.3 is 0 Å². The Bertz CT molecular complexity index is 480. The predicted octanol–water partition coefficient (Wildman–Crippen LogP) is 6.31. The van der Waals surface area contributed by atoms with E-state index in [1.165, 1.54) is 38.5 Å². The number of halogens is 1. The van der Waals surface area contributed by atoms with E-state index < -0.39 is 6.17 Å². The second kappa shape index (κ2) is 5.08. The maximum absolute atomic E-state index is 15.1. The van der Waals surface area contributed by atoms with Gasteiger partial charge in [-0.1, -0.05) is 45.3 Å². The molecule has 22 heavy (non-hydrogen) atoms. The molecule has 3 fully saturated rings.